The summed E-state index contributed by atoms with van der Waals surface area (Å²) in [6, 6.07) is 0. The van der Waals surface area contributed by atoms with Crippen LogP contribution in [0.15, 0.2) is 12.7 Å². The highest BCUT2D eigenvalue weighted by Crippen LogP contribution is 2.28. The fourth-order valence-electron chi connectivity index (χ4n) is 2.42. The zero-order valence-electron chi connectivity index (χ0n) is 9.89. The summed E-state index contributed by atoms with van der Waals surface area (Å²) < 4.78 is 0. The first kappa shape index (κ1) is 13.7. The molecule has 1 fully saturated rings. The van der Waals surface area contributed by atoms with Crippen molar-refractivity contribution in [3.63, 3.8) is 0 Å². The predicted octanol–water partition coefficient (Wildman–Crippen LogP) is 1.62. The van der Waals surface area contributed by atoms with E-state index in [1.54, 1.807) is 0 Å². The molecule has 0 aliphatic heterocycles. The molecule has 3 atom stereocenters. The van der Waals surface area contributed by atoms with Gasteiger partial charge in [-0.2, -0.15) is 0 Å². The molecule has 0 radical (unpaired) electrons. The van der Waals surface area contributed by atoms with Gasteiger partial charge in [0.25, 0.3) is 0 Å². The molecule has 0 bridgehead atoms. The van der Waals surface area contributed by atoms with Gasteiger partial charge in [0.1, 0.15) is 0 Å². The van der Waals surface area contributed by atoms with Crippen LogP contribution in [0.5, 0.6) is 0 Å². The Kier molecular flexibility index (Phi) is 6.03. The molecule has 0 aromatic rings. The van der Waals surface area contributed by atoms with E-state index in [4.69, 9.17) is 0 Å². The van der Waals surface area contributed by atoms with Crippen LogP contribution in [0.4, 0.5) is 0 Å². The molecule has 1 aliphatic rings. The van der Waals surface area contributed by atoms with Crippen LogP contribution >= 0.6 is 0 Å². The Bertz CT molecular complexity index is 199. The van der Waals surface area contributed by atoms with Crippen LogP contribution in [0, 0.1) is 5.92 Å². The Morgan fingerprint density at radius 2 is 1.69 bits per heavy atom. The third kappa shape index (κ3) is 4.64. The Morgan fingerprint density at radius 1 is 1.06 bits per heavy atom. The summed E-state index contributed by atoms with van der Waals surface area (Å²) in [5, 5.41) is 28.8. The Morgan fingerprint density at radius 3 is 2.25 bits per heavy atom. The van der Waals surface area contributed by atoms with Crippen LogP contribution < -0.4 is 0 Å². The van der Waals surface area contributed by atoms with E-state index in [1.807, 2.05) is 0 Å². The highest BCUT2D eigenvalue weighted by molar-refractivity contribution is 4.83. The minimum absolute atomic E-state index is 0.178. The maximum absolute atomic E-state index is 9.82. The van der Waals surface area contributed by atoms with Crippen molar-refractivity contribution in [2.45, 2.75) is 63.3 Å². The molecule has 0 aromatic carbocycles. The van der Waals surface area contributed by atoms with Gasteiger partial charge in [0.05, 0.1) is 18.3 Å². The highest BCUT2D eigenvalue weighted by Gasteiger charge is 2.23. The summed E-state index contributed by atoms with van der Waals surface area (Å²) in [6.07, 6.45) is 6.04. The number of hydrogen-bond donors (Lipinski definition) is 3. The second-order valence-corrected chi connectivity index (χ2v) is 4.91. The SMILES string of the molecule is C=C[C@H](O)C[C@@H](O)[C@H](O)CC1CCCCC1. The number of rotatable bonds is 6. The standard InChI is InChI=1S/C13H24O3/c1-2-11(14)9-13(16)12(15)8-10-6-4-3-5-7-10/h2,10-16H,1,3-9H2/t11-,12+,13+/m0/s1. The van der Waals surface area contributed by atoms with E-state index in [9.17, 15) is 15.3 Å². The number of aliphatic hydroxyl groups excluding tert-OH is 3. The van der Waals surface area contributed by atoms with Crippen molar-refractivity contribution in [2.24, 2.45) is 5.92 Å². The number of aliphatic hydroxyl groups is 3. The van der Waals surface area contributed by atoms with Gasteiger partial charge < -0.3 is 15.3 Å². The summed E-state index contributed by atoms with van der Waals surface area (Å²) in [4.78, 5) is 0. The molecule has 16 heavy (non-hydrogen) atoms. The smallest absolute Gasteiger partial charge is 0.0826 e. The molecular formula is C13H24O3. The van der Waals surface area contributed by atoms with E-state index in [0.29, 0.717) is 12.3 Å². The average Bonchev–Trinajstić information content (AvgIpc) is 2.30. The van der Waals surface area contributed by atoms with Gasteiger partial charge in [0, 0.05) is 6.42 Å². The molecule has 0 aromatic heterocycles. The molecule has 0 saturated heterocycles. The van der Waals surface area contributed by atoms with Crippen molar-refractivity contribution in [1.29, 1.82) is 0 Å². The summed E-state index contributed by atoms with van der Waals surface area (Å²) in [7, 11) is 0. The molecule has 1 aliphatic carbocycles. The average molecular weight is 228 g/mol. The van der Waals surface area contributed by atoms with Crippen LogP contribution in [-0.2, 0) is 0 Å². The molecule has 94 valence electrons. The second kappa shape index (κ2) is 7.05. The molecule has 1 rings (SSSR count). The van der Waals surface area contributed by atoms with Gasteiger partial charge in [-0.25, -0.2) is 0 Å². The summed E-state index contributed by atoms with van der Waals surface area (Å²) in [6.45, 7) is 3.45. The van der Waals surface area contributed by atoms with Crippen molar-refractivity contribution in [3.05, 3.63) is 12.7 Å². The van der Waals surface area contributed by atoms with E-state index < -0.39 is 18.3 Å². The molecule has 3 N–H and O–H groups in total. The first-order valence-electron chi connectivity index (χ1n) is 6.30. The summed E-state index contributed by atoms with van der Waals surface area (Å²) >= 11 is 0. The van der Waals surface area contributed by atoms with Crippen LogP contribution in [-0.4, -0.2) is 33.6 Å². The molecule has 0 spiro atoms. The van der Waals surface area contributed by atoms with E-state index >= 15 is 0 Å². The van der Waals surface area contributed by atoms with E-state index in [-0.39, 0.29) is 6.42 Å². The van der Waals surface area contributed by atoms with Gasteiger partial charge in [-0.3, -0.25) is 0 Å². The van der Waals surface area contributed by atoms with Crippen LogP contribution in [0.3, 0.4) is 0 Å². The lowest BCUT2D eigenvalue weighted by atomic mass is 9.84. The fraction of sp³-hybridized carbons (Fsp3) is 0.846. The maximum Gasteiger partial charge on any atom is 0.0826 e. The molecule has 0 amide bonds. The predicted molar refractivity (Wildman–Crippen MR) is 64.0 cm³/mol. The summed E-state index contributed by atoms with van der Waals surface area (Å²) in [5.41, 5.74) is 0. The van der Waals surface area contributed by atoms with E-state index in [2.05, 4.69) is 6.58 Å². The second-order valence-electron chi connectivity index (χ2n) is 4.91. The zero-order valence-corrected chi connectivity index (χ0v) is 9.89. The Labute approximate surface area is 97.8 Å². The maximum atomic E-state index is 9.82. The topological polar surface area (TPSA) is 60.7 Å². The number of hydrogen-bond acceptors (Lipinski definition) is 3. The molecule has 3 heteroatoms. The zero-order chi connectivity index (χ0) is 12.0. The molecular weight excluding hydrogens is 204 g/mol. The first-order chi connectivity index (χ1) is 7.63. The molecule has 0 unspecified atom stereocenters. The summed E-state index contributed by atoms with van der Waals surface area (Å²) in [5.74, 6) is 0.541. The van der Waals surface area contributed by atoms with Gasteiger partial charge in [-0.05, 0) is 12.3 Å². The largest absolute Gasteiger partial charge is 0.390 e. The highest BCUT2D eigenvalue weighted by atomic mass is 16.3. The van der Waals surface area contributed by atoms with Crippen molar-refractivity contribution in [3.8, 4) is 0 Å². The van der Waals surface area contributed by atoms with Gasteiger partial charge >= 0.3 is 0 Å². The van der Waals surface area contributed by atoms with Crippen LogP contribution in [0.2, 0.25) is 0 Å². The van der Waals surface area contributed by atoms with Gasteiger partial charge in [-0.15, -0.1) is 6.58 Å². The minimum atomic E-state index is -0.838. The fourth-order valence-corrected chi connectivity index (χ4v) is 2.42. The third-order valence-corrected chi connectivity index (χ3v) is 3.50. The lowest BCUT2D eigenvalue weighted by Gasteiger charge is -2.26. The Hall–Kier alpha value is -0.380. The van der Waals surface area contributed by atoms with Crippen LogP contribution in [0.25, 0.3) is 0 Å². The van der Waals surface area contributed by atoms with Gasteiger partial charge in [-0.1, -0.05) is 38.2 Å². The van der Waals surface area contributed by atoms with Gasteiger partial charge in [0.2, 0.25) is 0 Å². The molecule has 0 heterocycles. The monoisotopic (exact) mass is 228 g/mol. The normalized spacial score (nSPS) is 23.7. The van der Waals surface area contributed by atoms with Crippen molar-refractivity contribution >= 4 is 0 Å². The Balaban J connectivity index is 2.26. The van der Waals surface area contributed by atoms with Gasteiger partial charge in [0.15, 0.2) is 0 Å². The van der Waals surface area contributed by atoms with E-state index in [0.717, 1.165) is 12.8 Å². The van der Waals surface area contributed by atoms with E-state index in [1.165, 1.54) is 25.3 Å². The first-order valence-corrected chi connectivity index (χ1v) is 6.30. The van der Waals surface area contributed by atoms with Crippen molar-refractivity contribution < 1.29 is 15.3 Å². The molecule has 3 nitrogen and oxygen atoms in total. The quantitative estimate of drug-likeness (QED) is 0.605. The third-order valence-electron chi connectivity index (χ3n) is 3.50. The lowest BCUT2D eigenvalue weighted by Crippen LogP contribution is -2.31. The van der Waals surface area contributed by atoms with Crippen molar-refractivity contribution in [1.82, 2.24) is 0 Å². The van der Waals surface area contributed by atoms with Crippen molar-refractivity contribution in [2.75, 3.05) is 0 Å². The lowest BCUT2D eigenvalue weighted by molar-refractivity contribution is -0.0182. The minimum Gasteiger partial charge on any atom is -0.390 e. The van der Waals surface area contributed by atoms with Crippen LogP contribution in [0.1, 0.15) is 44.9 Å². The molecule has 1 saturated carbocycles.